The molecule has 18 heavy (non-hydrogen) atoms. The molecule has 0 aliphatic heterocycles. The molecule has 2 rings (SSSR count). The van der Waals surface area contributed by atoms with E-state index in [1.54, 1.807) is 6.07 Å². The molecule has 1 atom stereocenters. The summed E-state index contributed by atoms with van der Waals surface area (Å²) in [7, 11) is 0. The SMILES string of the molecule is Cc1cc(F)ccc1CC(=O)C1CCCC1(C)C. The van der Waals surface area contributed by atoms with Crippen LogP contribution in [0.3, 0.4) is 0 Å². The van der Waals surface area contributed by atoms with E-state index < -0.39 is 0 Å². The second kappa shape index (κ2) is 4.83. The summed E-state index contributed by atoms with van der Waals surface area (Å²) in [6.07, 6.45) is 3.73. The van der Waals surface area contributed by atoms with Gasteiger partial charge in [-0.25, -0.2) is 4.39 Å². The predicted molar refractivity (Wildman–Crippen MR) is 71.0 cm³/mol. The second-order valence-corrected chi connectivity index (χ2v) is 6.15. The monoisotopic (exact) mass is 248 g/mol. The number of rotatable bonds is 3. The summed E-state index contributed by atoms with van der Waals surface area (Å²) in [4.78, 5) is 12.4. The third-order valence-corrected chi connectivity index (χ3v) is 4.32. The predicted octanol–water partition coefficient (Wildman–Crippen LogP) is 4.07. The van der Waals surface area contributed by atoms with E-state index in [0.29, 0.717) is 12.2 Å². The lowest BCUT2D eigenvalue weighted by atomic mass is 9.78. The summed E-state index contributed by atoms with van der Waals surface area (Å²) >= 11 is 0. The molecule has 0 radical (unpaired) electrons. The molecular formula is C16H21FO. The minimum atomic E-state index is -0.232. The molecule has 2 heteroatoms. The number of benzene rings is 1. The van der Waals surface area contributed by atoms with Crippen molar-refractivity contribution in [1.82, 2.24) is 0 Å². The summed E-state index contributed by atoms with van der Waals surface area (Å²) < 4.78 is 13.0. The van der Waals surface area contributed by atoms with Gasteiger partial charge >= 0.3 is 0 Å². The Balaban J connectivity index is 2.12. The minimum absolute atomic E-state index is 0.130. The first-order chi connectivity index (χ1) is 8.40. The Morgan fingerprint density at radius 3 is 2.72 bits per heavy atom. The van der Waals surface area contributed by atoms with Gasteiger partial charge in [-0.2, -0.15) is 0 Å². The quantitative estimate of drug-likeness (QED) is 0.788. The zero-order valence-electron chi connectivity index (χ0n) is 11.4. The summed E-state index contributed by atoms with van der Waals surface area (Å²) in [6.45, 7) is 6.23. The highest BCUT2D eigenvalue weighted by molar-refractivity contribution is 5.84. The van der Waals surface area contributed by atoms with Crippen LogP contribution in [0.4, 0.5) is 4.39 Å². The van der Waals surface area contributed by atoms with Crippen LogP contribution in [-0.4, -0.2) is 5.78 Å². The van der Waals surface area contributed by atoms with Gasteiger partial charge in [0.05, 0.1) is 0 Å². The van der Waals surface area contributed by atoms with Crippen molar-refractivity contribution in [2.24, 2.45) is 11.3 Å². The van der Waals surface area contributed by atoms with Gasteiger partial charge in [0.1, 0.15) is 11.6 Å². The maximum atomic E-state index is 13.0. The average molecular weight is 248 g/mol. The fourth-order valence-electron chi connectivity index (χ4n) is 3.09. The summed E-state index contributed by atoms with van der Waals surface area (Å²) in [5.74, 6) is 0.249. The van der Waals surface area contributed by atoms with Gasteiger partial charge in [0, 0.05) is 12.3 Å². The van der Waals surface area contributed by atoms with Gasteiger partial charge in [0.2, 0.25) is 0 Å². The Morgan fingerprint density at radius 1 is 1.44 bits per heavy atom. The number of aryl methyl sites for hydroxylation is 1. The minimum Gasteiger partial charge on any atom is -0.299 e. The van der Waals surface area contributed by atoms with Gasteiger partial charge in [0.15, 0.2) is 0 Å². The van der Waals surface area contributed by atoms with Crippen LogP contribution in [0.2, 0.25) is 0 Å². The van der Waals surface area contributed by atoms with Crippen molar-refractivity contribution in [3.8, 4) is 0 Å². The first-order valence-electron chi connectivity index (χ1n) is 6.68. The van der Waals surface area contributed by atoms with E-state index in [1.807, 2.05) is 6.92 Å². The summed E-state index contributed by atoms with van der Waals surface area (Å²) in [6, 6.07) is 4.68. The number of carbonyl (C=O) groups excluding carboxylic acids is 1. The molecule has 1 fully saturated rings. The van der Waals surface area contributed by atoms with E-state index in [9.17, 15) is 9.18 Å². The topological polar surface area (TPSA) is 17.1 Å². The van der Waals surface area contributed by atoms with Gasteiger partial charge in [-0.15, -0.1) is 0 Å². The van der Waals surface area contributed by atoms with Gasteiger partial charge in [-0.3, -0.25) is 4.79 Å². The standard InChI is InChI=1S/C16H21FO/c1-11-9-13(17)7-6-12(11)10-15(18)14-5-4-8-16(14,2)3/h6-7,9,14H,4-5,8,10H2,1-3H3. The molecule has 1 nitrogen and oxygen atoms in total. The first-order valence-corrected chi connectivity index (χ1v) is 6.68. The molecule has 0 bridgehead atoms. The molecule has 0 heterocycles. The van der Waals surface area contributed by atoms with Crippen LogP contribution < -0.4 is 0 Å². The first kappa shape index (κ1) is 13.3. The Bertz CT molecular complexity index is 462. The Labute approximate surface area is 108 Å². The summed E-state index contributed by atoms with van der Waals surface area (Å²) in [5.41, 5.74) is 1.97. The normalized spacial score (nSPS) is 22.1. The van der Waals surface area contributed by atoms with E-state index in [0.717, 1.165) is 30.4 Å². The fraction of sp³-hybridized carbons (Fsp3) is 0.562. The number of ketones is 1. The average Bonchev–Trinajstić information content (AvgIpc) is 2.62. The van der Waals surface area contributed by atoms with Crippen LogP contribution in [0, 0.1) is 24.1 Å². The lowest BCUT2D eigenvalue weighted by Gasteiger charge is -2.25. The molecule has 0 N–H and O–H groups in total. The third-order valence-electron chi connectivity index (χ3n) is 4.32. The van der Waals surface area contributed by atoms with E-state index in [1.165, 1.54) is 12.1 Å². The molecule has 0 spiro atoms. The lowest BCUT2D eigenvalue weighted by molar-refractivity contribution is -0.124. The third kappa shape index (κ3) is 2.63. The van der Waals surface area contributed by atoms with Crippen LogP contribution in [0.15, 0.2) is 18.2 Å². The number of hydrogen-bond acceptors (Lipinski definition) is 1. The van der Waals surface area contributed by atoms with E-state index in [-0.39, 0.29) is 17.2 Å². The number of hydrogen-bond donors (Lipinski definition) is 0. The van der Waals surface area contributed by atoms with E-state index >= 15 is 0 Å². The van der Waals surface area contributed by atoms with Gasteiger partial charge < -0.3 is 0 Å². The molecule has 1 aliphatic carbocycles. The van der Waals surface area contributed by atoms with Crippen molar-refractivity contribution in [3.63, 3.8) is 0 Å². The van der Waals surface area contributed by atoms with Crippen LogP contribution in [-0.2, 0) is 11.2 Å². The molecule has 1 saturated carbocycles. The van der Waals surface area contributed by atoms with Gasteiger partial charge in [-0.05, 0) is 48.4 Å². The van der Waals surface area contributed by atoms with Crippen LogP contribution in [0.1, 0.15) is 44.2 Å². The zero-order chi connectivity index (χ0) is 13.3. The Kier molecular flexibility index (Phi) is 3.56. The maximum Gasteiger partial charge on any atom is 0.140 e. The Morgan fingerprint density at radius 2 is 2.17 bits per heavy atom. The number of halogens is 1. The zero-order valence-corrected chi connectivity index (χ0v) is 11.4. The molecule has 0 saturated heterocycles. The smallest absolute Gasteiger partial charge is 0.140 e. The van der Waals surface area contributed by atoms with Crippen molar-refractivity contribution < 1.29 is 9.18 Å². The second-order valence-electron chi connectivity index (χ2n) is 6.15. The fourth-order valence-corrected chi connectivity index (χ4v) is 3.09. The van der Waals surface area contributed by atoms with Crippen molar-refractivity contribution in [2.75, 3.05) is 0 Å². The highest BCUT2D eigenvalue weighted by atomic mass is 19.1. The molecule has 1 aromatic rings. The highest BCUT2D eigenvalue weighted by Gasteiger charge is 2.38. The van der Waals surface area contributed by atoms with E-state index in [2.05, 4.69) is 13.8 Å². The summed E-state index contributed by atoms with van der Waals surface area (Å²) in [5, 5.41) is 0. The van der Waals surface area contributed by atoms with E-state index in [4.69, 9.17) is 0 Å². The molecular weight excluding hydrogens is 227 g/mol. The maximum absolute atomic E-state index is 13.0. The van der Waals surface area contributed by atoms with Gasteiger partial charge in [-0.1, -0.05) is 26.3 Å². The molecule has 1 aliphatic rings. The van der Waals surface area contributed by atoms with Gasteiger partial charge in [0.25, 0.3) is 0 Å². The largest absolute Gasteiger partial charge is 0.299 e. The molecule has 1 unspecified atom stereocenters. The molecule has 0 amide bonds. The number of Topliss-reactive ketones (excluding diaryl/α,β-unsaturated/α-hetero) is 1. The highest BCUT2D eigenvalue weighted by Crippen LogP contribution is 2.43. The Hall–Kier alpha value is -1.18. The molecule has 1 aromatic carbocycles. The van der Waals surface area contributed by atoms with Crippen molar-refractivity contribution in [1.29, 1.82) is 0 Å². The van der Waals surface area contributed by atoms with Crippen molar-refractivity contribution >= 4 is 5.78 Å². The molecule has 98 valence electrons. The van der Waals surface area contributed by atoms with Crippen LogP contribution in [0.25, 0.3) is 0 Å². The van der Waals surface area contributed by atoms with Crippen molar-refractivity contribution in [2.45, 2.75) is 46.5 Å². The number of carbonyl (C=O) groups is 1. The van der Waals surface area contributed by atoms with Crippen molar-refractivity contribution in [3.05, 3.63) is 35.1 Å². The van der Waals surface area contributed by atoms with Crippen LogP contribution >= 0.6 is 0 Å². The molecule has 0 aromatic heterocycles. The van der Waals surface area contributed by atoms with Crippen LogP contribution in [0.5, 0.6) is 0 Å². The lowest BCUT2D eigenvalue weighted by Crippen LogP contribution is -2.27.